The summed E-state index contributed by atoms with van der Waals surface area (Å²) in [5.41, 5.74) is 2.63. The molecule has 0 aromatic heterocycles. The minimum atomic E-state index is -0.622. The molecule has 0 fully saturated rings. The highest BCUT2D eigenvalue weighted by atomic mass is 16.5. The van der Waals surface area contributed by atoms with Gasteiger partial charge >= 0.3 is 0 Å². The molecule has 0 saturated carbocycles. The molecule has 4 nitrogen and oxygen atoms in total. The smallest absolute Gasteiger partial charge is 0.118 e. The lowest BCUT2D eigenvalue weighted by Crippen LogP contribution is -2.48. The summed E-state index contributed by atoms with van der Waals surface area (Å²) in [6, 6.07) is 28.6. The quantitative estimate of drug-likeness (QED) is 0.560. The number of aliphatic hydroxyl groups excluding tert-OH is 1. The van der Waals surface area contributed by atoms with Gasteiger partial charge in [-0.1, -0.05) is 72.8 Å². The van der Waals surface area contributed by atoms with Crippen LogP contribution in [0.15, 0.2) is 84.9 Å². The molecule has 0 spiro atoms. The van der Waals surface area contributed by atoms with Gasteiger partial charge in [0.25, 0.3) is 0 Å². The van der Waals surface area contributed by atoms with Crippen molar-refractivity contribution in [2.24, 2.45) is 0 Å². The summed E-state index contributed by atoms with van der Waals surface area (Å²) in [4.78, 5) is 0. The van der Waals surface area contributed by atoms with Crippen LogP contribution in [-0.4, -0.2) is 38.6 Å². The molecule has 0 radical (unpaired) electrons. The third-order valence-electron chi connectivity index (χ3n) is 4.90. The van der Waals surface area contributed by atoms with Crippen LogP contribution in [0, 0.1) is 0 Å². The minimum Gasteiger partial charge on any atom is -0.497 e. The largest absolute Gasteiger partial charge is 0.497 e. The molecule has 4 heteroatoms. The van der Waals surface area contributed by atoms with Crippen molar-refractivity contribution in [2.75, 3.05) is 27.4 Å². The number of methoxy groups -OCH3 is 2. The number of hydrogen-bond acceptors (Lipinski definition) is 4. The van der Waals surface area contributed by atoms with Gasteiger partial charge in [0.15, 0.2) is 0 Å². The topological polar surface area (TPSA) is 50.7 Å². The highest BCUT2D eigenvalue weighted by molar-refractivity contribution is 5.50. The van der Waals surface area contributed by atoms with E-state index in [0.717, 1.165) is 22.4 Å². The van der Waals surface area contributed by atoms with Crippen molar-refractivity contribution in [1.82, 2.24) is 5.32 Å². The van der Waals surface area contributed by atoms with Crippen molar-refractivity contribution >= 4 is 0 Å². The lowest BCUT2D eigenvalue weighted by Gasteiger charge is -2.38. The Morgan fingerprint density at radius 3 is 1.75 bits per heavy atom. The fraction of sp³-hybridized carbons (Fsp3) is 0.250. The predicted molar refractivity (Wildman–Crippen MR) is 112 cm³/mol. The molecular formula is C24H27NO3. The lowest BCUT2D eigenvalue weighted by molar-refractivity contribution is 0.0613. The van der Waals surface area contributed by atoms with Crippen LogP contribution in [0.1, 0.15) is 16.7 Å². The van der Waals surface area contributed by atoms with E-state index in [1.807, 2.05) is 48.5 Å². The van der Waals surface area contributed by atoms with Gasteiger partial charge in [0.2, 0.25) is 0 Å². The Balaban J connectivity index is 2.16. The van der Waals surface area contributed by atoms with Crippen molar-refractivity contribution in [3.8, 4) is 5.75 Å². The van der Waals surface area contributed by atoms with E-state index in [1.165, 1.54) is 0 Å². The molecule has 0 bridgehead atoms. The van der Waals surface area contributed by atoms with Gasteiger partial charge in [-0.15, -0.1) is 0 Å². The summed E-state index contributed by atoms with van der Waals surface area (Å²) in [6.45, 7) is 0.652. The summed E-state index contributed by atoms with van der Waals surface area (Å²) in [6.07, 6.45) is -0.616. The van der Waals surface area contributed by atoms with Crippen LogP contribution in [-0.2, 0) is 10.3 Å². The number of ether oxygens (including phenoxy) is 2. The molecular weight excluding hydrogens is 350 g/mol. The summed E-state index contributed by atoms with van der Waals surface area (Å²) in [7, 11) is 3.25. The first-order valence-corrected chi connectivity index (χ1v) is 9.38. The number of hydrogen-bond donors (Lipinski definition) is 2. The third-order valence-corrected chi connectivity index (χ3v) is 4.90. The molecule has 28 heavy (non-hydrogen) atoms. The molecule has 0 aliphatic heterocycles. The van der Waals surface area contributed by atoms with Gasteiger partial charge in [0.05, 0.1) is 25.4 Å². The van der Waals surface area contributed by atoms with Crippen LogP contribution in [0.25, 0.3) is 0 Å². The first-order valence-electron chi connectivity index (χ1n) is 9.38. The summed E-state index contributed by atoms with van der Waals surface area (Å²) < 4.78 is 10.5. The maximum atomic E-state index is 10.3. The maximum Gasteiger partial charge on any atom is 0.118 e. The molecule has 146 valence electrons. The van der Waals surface area contributed by atoms with Crippen LogP contribution in [0.5, 0.6) is 5.75 Å². The van der Waals surface area contributed by atoms with E-state index in [0.29, 0.717) is 6.54 Å². The number of aliphatic hydroxyl groups is 1. The normalized spacial score (nSPS) is 12.5. The molecule has 3 aromatic rings. The zero-order valence-corrected chi connectivity index (χ0v) is 16.3. The minimum absolute atomic E-state index is 0.273. The average Bonchev–Trinajstić information content (AvgIpc) is 2.76. The van der Waals surface area contributed by atoms with Crippen LogP contribution in [0.2, 0.25) is 0 Å². The van der Waals surface area contributed by atoms with Gasteiger partial charge in [0.1, 0.15) is 5.75 Å². The molecule has 0 aliphatic carbocycles. The monoisotopic (exact) mass is 377 g/mol. The van der Waals surface area contributed by atoms with Crippen LogP contribution in [0.3, 0.4) is 0 Å². The maximum absolute atomic E-state index is 10.3. The molecule has 2 N–H and O–H groups in total. The van der Waals surface area contributed by atoms with Crippen LogP contribution >= 0.6 is 0 Å². The first kappa shape index (κ1) is 20.1. The zero-order valence-electron chi connectivity index (χ0n) is 16.3. The molecule has 0 amide bonds. The van der Waals surface area contributed by atoms with Crippen LogP contribution < -0.4 is 10.1 Å². The third kappa shape index (κ3) is 4.25. The van der Waals surface area contributed by atoms with Crippen molar-refractivity contribution in [3.63, 3.8) is 0 Å². The van der Waals surface area contributed by atoms with E-state index in [2.05, 4.69) is 41.7 Å². The second kappa shape index (κ2) is 9.51. The number of nitrogens with one attached hydrogen (secondary N) is 1. The molecule has 0 aliphatic rings. The molecule has 0 saturated heterocycles. The highest BCUT2D eigenvalue weighted by Crippen LogP contribution is 2.37. The second-order valence-electron chi connectivity index (χ2n) is 6.70. The number of rotatable bonds is 9. The summed E-state index contributed by atoms with van der Waals surface area (Å²) >= 11 is 0. The average molecular weight is 377 g/mol. The SMILES string of the molecule is COC[C@@H](O)CNC(c1ccccc1)(c1ccccc1)c1ccc(OC)cc1. The van der Waals surface area contributed by atoms with Gasteiger partial charge in [0, 0.05) is 13.7 Å². The Morgan fingerprint density at radius 2 is 1.29 bits per heavy atom. The highest BCUT2D eigenvalue weighted by Gasteiger charge is 2.36. The Labute approximate surface area is 166 Å². The lowest BCUT2D eigenvalue weighted by atomic mass is 9.77. The van der Waals surface area contributed by atoms with Crippen molar-refractivity contribution in [1.29, 1.82) is 0 Å². The Kier molecular flexibility index (Phi) is 6.82. The standard InChI is InChI=1S/C24H27NO3/c1-27-18-22(26)17-25-24(19-9-5-3-6-10-19,20-11-7-4-8-12-20)21-13-15-23(28-2)16-14-21/h3-16,22,25-26H,17-18H2,1-2H3/t22-/m0/s1. The molecule has 3 rings (SSSR count). The molecule has 0 unspecified atom stereocenters. The van der Waals surface area contributed by atoms with E-state index in [1.54, 1.807) is 14.2 Å². The zero-order chi connectivity index (χ0) is 19.8. The van der Waals surface area contributed by atoms with E-state index in [9.17, 15) is 5.11 Å². The Morgan fingerprint density at radius 1 is 0.786 bits per heavy atom. The predicted octanol–water partition coefficient (Wildman–Crippen LogP) is 3.58. The Bertz CT molecular complexity index is 795. The first-order chi connectivity index (χ1) is 13.7. The summed E-state index contributed by atoms with van der Waals surface area (Å²) in [5.74, 6) is 0.804. The van der Waals surface area contributed by atoms with E-state index < -0.39 is 11.6 Å². The van der Waals surface area contributed by atoms with Crippen molar-refractivity contribution in [3.05, 3.63) is 102 Å². The van der Waals surface area contributed by atoms with Gasteiger partial charge < -0.3 is 14.6 Å². The van der Waals surface area contributed by atoms with Crippen LogP contribution in [0.4, 0.5) is 0 Å². The summed E-state index contributed by atoms with van der Waals surface area (Å²) in [5, 5.41) is 14.0. The van der Waals surface area contributed by atoms with Gasteiger partial charge in [-0.05, 0) is 28.8 Å². The molecule has 1 atom stereocenters. The fourth-order valence-electron chi connectivity index (χ4n) is 3.55. The van der Waals surface area contributed by atoms with Crippen molar-refractivity contribution in [2.45, 2.75) is 11.6 Å². The van der Waals surface area contributed by atoms with Gasteiger partial charge in [-0.3, -0.25) is 5.32 Å². The van der Waals surface area contributed by atoms with E-state index in [-0.39, 0.29) is 6.61 Å². The van der Waals surface area contributed by atoms with Gasteiger partial charge in [-0.2, -0.15) is 0 Å². The van der Waals surface area contributed by atoms with Gasteiger partial charge in [-0.25, -0.2) is 0 Å². The molecule has 3 aromatic carbocycles. The van der Waals surface area contributed by atoms with E-state index in [4.69, 9.17) is 9.47 Å². The second-order valence-corrected chi connectivity index (χ2v) is 6.70. The molecule has 0 heterocycles. The van der Waals surface area contributed by atoms with Crippen molar-refractivity contribution < 1.29 is 14.6 Å². The Hall–Kier alpha value is -2.66. The fourth-order valence-corrected chi connectivity index (χ4v) is 3.55. The van der Waals surface area contributed by atoms with E-state index >= 15 is 0 Å². The number of benzene rings is 3.